The molecule has 11 heteroatoms. The van der Waals surface area contributed by atoms with Crippen LogP contribution in [0, 0.1) is 5.92 Å². The molecule has 0 saturated heterocycles. The molecule has 0 bridgehead atoms. The topological polar surface area (TPSA) is 125 Å². The number of anilines is 1. The van der Waals surface area contributed by atoms with Crippen LogP contribution in [-0.4, -0.2) is 55.0 Å². The Bertz CT molecular complexity index is 1010. The first-order valence-electron chi connectivity index (χ1n) is 15.5. The molecule has 3 rings (SSSR count). The molecule has 228 valence electrons. The van der Waals surface area contributed by atoms with Crippen molar-refractivity contribution in [3.8, 4) is 0 Å². The molecule has 0 aromatic carbocycles. The highest BCUT2D eigenvalue weighted by atomic mass is 32.2. The van der Waals surface area contributed by atoms with Gasteiger partial charge in [0, 0.05) is 0 Å². The quantitative estimate of drug-likeness (QED) is 0.0930. The van der Waals surface area contributed by atoms with Gasteiger partial charge < -0.3 is 24.5 Å². The van der Waals surface area contributed by atoms with Crippen molar-refractivity contribution in [2.24, 2.45) is 5.92 Å². The average molecular weight is 598 g/mol. The van der Waals surface area contributed by atoms with Gasteiger partial charge in [-0.25, -0.2) is 15.0 Å². The lowest BCUT2D eigenvalue weighted by atomic mass is 9.81. The average Bonchev–Trinajstić information content (AvgIpc) is 3.31. The molecule has 40 heavy (non-hydrogen) atoms. The second-order valence-corrected chi connectivity index (χ2v) is 14.4. The largest absolute Gasteiger partial charge is 0.382 e. The van der Waals surface area contributed by atoms with Gasteiger partial charge in [-0.2, -0.15) is 11.8 Å². The molecule has 2 heterocycles. The predicted octanol–water partition coefficient (Wildman–Crippen LogP) is 7.58. The Morgan fingerprint density at radius 3 is 2.33 bits per heavy atom. The first-order chi connectivity index (χ1) is 19.4. The van der Waals surface area contributed by atoms with Crippen LogP contribution in [0.15, 0.2) is 12.7 Å². The first kappa shape index (κ1) is 33.3. The van der Waals surface area contributed by atoms with E-state index in [-0.39, 0.29) is 19.1 Å². The van der Waals surface area contributed by atoms with Gasteiger partial charge in [-0.15, -0.1) is 0 Å². The van der Waals surface area contributed by atoms with Gasteiger partial charge in [-0.3, -0.25) is 4.57 Å². The molecule has 1 unspecified atom stereocenters. The van der Waals surface area contributed by atoms with Crippen LogP contribution in [0.5, 0.6) is 0 Å². The Morgan fingerprint density at radius 1 is 1.00 bits per heavy atom. The zero-order chi connectivity index (χ0) is 28.5. The Kier molecular flexibility index (Phi) is 15.9. The van der Waals surface area contributed by atoms with Gasteiger partial charge in [0.1, 0.15) is 18.2 Å². The van der Waals surface area contributed by atoms with Crippen LogP contribution >= 0.6 is 19.4 Å². The standard InChI is InChI=1S/C29H52N5O4PS/c1-25(21-34-23-33-27-28(30)31-22-32-29(27)34)37-24-39(35,36)38-18-14-20-40-19-12-10-8-6-4-2-3-5-7-9-11-15-26-16-13-17-26/h22-23,25-26H,2-21,24H2,1H3,(H,35,36)(H2,30,31,32)/t25-/m1/s1. The Hall–Kier alpha value is -1.19. The Labute approximate surface area is 245 Å². The van der Waals surface area contributed by atoms with Crippen molar-refractivity contribution >= 4 is 36.3 Å². The molecule has 2 aromatic rings. The SMILES string of the molecule is C[C@H](Cn1cnc2c(N)ncnc21)OCP(=O)(O)OCCCSCCCCCCCCCCCCCC1CCC1. The minimum absolute atomic E-state index is 0.265. The maximum absolute atomic E-state index is 12.3. The maximum atomic E-state index is 12.3. The van der Waals surface area contributed by atoms with Gasteiger partial charge in [-0.1, -0.05) is 89.9 Å². The fourth-order valence-corrected chi connectivity index (χ4v) is 6.97. The van der Waals surface area contributed by atoms with E-state index in [1.807, 2.05) is 18.7 Å². The number of fused-ring (bicyclic) bond motifs is 1. The number of hydrogen-bond donors (Lipinski definition) is 2. The minimum atomic E-state index is -3.79. The van der Waals surface area contributed by atoms with E-state index in [2.05, 4.69) is 15.0 Å². The summed E-state index contributed by atoms with van der Waals surface area (Å²) in [5.41, 5.74) is 6.95. The highest BCUT2D eigenvalue weighted by molar-refractivity contribution is 7.99. The second-order valence-electron chi connectivity index (χ2n) is 11.3. The number of ether oxygens (including phenoxy) is 1. The van der Waals surface area contributed by atoms with E-state index in [0.717, 1.165) is 23.8 Å². The third kappa shape index (κ3) is 13.2. The summed E-state index contributed by atoms with van der Waals surface area (Å²) in [6.07, 6.45) is 24.3. The van der Waals surface area contributed by atoms with Gasteiger partial charge >= 0.3 is 7.60 Å². The lowest BCUT2D eigenvalue weighted by Gasteiger charge is -2.24. The van der Waals surface area contributed by atoms with Gasteiger partial charge in [0.15, 0.2) is 11.5 Å². The van der Waals surface area contributed by atoms with Gasteiger partial charge in [0.25, 0.3) is 0 Å². The third-order valence-corrected chi connectivity index (χ3v) is 9.97. The van der Waals surface area contributed by atoms with E-state index in [0.29, 0.717) is 23.5 Å². The lowest BCUT2D eigenvalue weighted by molar-refractivity contribution is 0.0718. The number of nitrogens with two attached hydrogens (primary N) is 1. The van der Waals surface area contributed by atoms with Crippen LogP contribution in [0.1, 0.15) is 110 Å². The summed E-state index contributed by atoms with van der Waals surface area (Å²) < 4.78 is 24.9. The normalized spacial score (nSPS) is 16.2. The smallest absolute Gasteiger partial charge is 0.353 e. The van der Waals surface area contributed by atoms with Crippen LogP contribution in [0.2, 0.25) is 0 Å². The van der Waals surface area contributed by atoms with Crippen molar-refractivity contribution in [1.29, 1.82) is 0 Å². The molecule has 0 amide bonds. The number of imidazole rings is 1. The van der Waals surface area contributed by atoms with E-state index >= 15 is 0 Å². The fraction of sp³-hybridized carbons (Fsp3) is 0.828. The van der Waals surface area contributed by atoms with Crippen molar-refractivity contribution in [3.63, 3.8) is 0 Å². The fourth-order valence-electron chi connectivity index (χ4n) is 5.10. The number of nitrogen functional groups attached to an aromatic ring is 1. The molecule has 1 aliphatic carbocycles. The van der Waals surface area contributed by atoms with E-state index in [1.165, 1.54) is 103 Å². The first-order valence-corrected chi connectivity index (χ1v) is 18.4. The number of unbranched alkanes of at least 4 members (excludes halogenated alkanes) is 10. The molecule has 1 fully saturated rings. The molecule has 9 nitrogen and oxygen atoms in total. The molecule has 1 saturated carbocycles. The number of rotatable bonds is 24. The number of thioether (sulfide) groups is 1. The molecule has 0 radical (unpaired) electrons. The van der Waals surface area contributed by atoms with Gasteiger partial charge in [0.2, 0.25) is 0 Å². The van der Waals surface area contributed by atoms with E-state index < -0.39 is 7.60 Å². The summed E-state index contributed by atoms with van der Waals surface area (Å²) in [6, 6.07) is 0. The van der Waals surface area contributed by atoms with Crippen molar-refractivity contribution in [2.75, 3.05) is 30.2 Å². The summed E-state index contributed by atoms with van der Waals surface area (Å²) in [4.78, 5) is 22.4. The molecule has 0 spiro atoms. The monoisotopic (exact) mass is 597 g/mol. The van der Waals surface area contributed by atoms with E-state index in [1.54, 1.807) is 10.9 Å². The molecule has 2 atom stereocenters. The zero-order valence-electron chi connectivity index (χ0n) is 24.6. The molecular weight excluding hydrogens is 545 g/mol. The van der Waals surface area contributed by atoms with Crippen LogP contribution < -0.4 is 5.73 Å². The highest BCUT2D eigenvalue weighted by Crippen LogP contribution is 2.42. The van der Waals surface area contributed by atoms with Crippen LogP contribution in [-0.2, 0) is 20.4 Å². The minimum Gasteiger partial charge on any atom is -0.382 e. The van der Waals surface area contributed by atoms with Gasteiger partial charge in [0.05, 0.1) is 25.6 Å². The summed E-state index contributed by atoms with van der Waals surface area (Å²) in [7, 11) is -3.79. The number of hydrogen-bond acceptors (Lipinski definition) is 8. The zero-order valence-corrected chi connectivity index (χ0v) is 26.3. The molecule has 0 aliphatic heterocycles. The molecular formula is C29H52N5O4PS. The number of nitrogens with zero attached hydrogens (tertiary/aromatic N) is 4. The van der Waals surface area contributed by atoms with Crippen LogP contribution in [0.3, 0.4) is 0 Å². The van der Waals surface area contributed by atoms with Crippen LogP contribution in [0.4, 0.5) is 5.82 Å². The van der Waals surface area contributed by atoms with Crippen molar-refractivity contribution in [2.45, 2.75) is 122 Å². The van der Waals surface area contributed by atoms with E-state index in [9.17, 15) is 9.46 Å². The third-order valence-electron chi connectivity index (χ3n) is 7.76. The van der Waals surface area contributed by atoms with Crippen LogP contribution in [0.25, 0.3) is 11.2 Å². The summed E-state index contributed by atoms with van der Waals surface area (Å²) in [5, 5.41) is 0. The Morgan fingerprint density at radius 2 is 1.65 bits per heavy atom. The lowest BCUT2D eigenvalue weighted by Crippen LogP contribution is -2.17. The Balaban J connectivity index is 1.07. The summed E-state index contributed by atoms with van der Waals surface area (Å²) in [5.74, 6) is 3.49. The summed E-state index contributed by atoms with van der Waals surface area (Å²) in [6.45, 7) is 2.51. The number of aromatic nitrogens is 4. The maximum Gasteiger partial charge on any atom is 0.353 e. The molecule has 3 N–H and O–H groups in total. The second kappa shape index (κ2) is 19.1. The highest BCUT2D eigenvalue weighted by Gasteiger charge is 2.21. The molecule has 2 aromatic heterocycles. The van der Waals surface area contributed by atoms with E-state index in [4.69, 9.17) is 15.0 Å². The predicted molar refractivity (Wildman–Crippen MR) is 166 cm³/mol. The van der Waals surface area contributed by atoms with Crippen molar-refractivity contribution < 1.29 is 18.7 Å². The van der Waals surface area contributed by atoms with Gasteiger partial charge in [-0.05, 0) is 37.2 Å². The summed E-state index contributed by atoms with van der Waals surface area (Å²) >= 11 is 1.90. The molecule has 1 aliphatic rings. The van der Waals surface area contributed by atoms with Crippen molar-refractivity contribution in [3.05, 3.63) is 12.7 Å². The van der Waals surface area contributed by atoms with Crippen molar-refractivity contribution in [1.82, 2.24) is 19.5 Å².